The summed E-state index contributed by atoms with van der Waals surface area (Å²) in [6, 6.07) is 8.93. The summed E-state index contributed by atoms with van der Waals surface area (Å²) < 4.78 is 4.74. The van der Waals surface area contributed by atoms with Crippen LogP contribution >= 0.6 is 0 Å². The molecule has 0 saturated carbocycles. The minimum atomic E-state index is -0.789. The maximum Gasteiger partial charge on any atom is 0.412 e. The van der Waals surface area contributed by atoms with Crippen molar-refractivity contribution in [3.8, 4) is 0 Å². The molecule has 10 heteroatoms. The number of nitrogens with one attached hydrogen (secondary N) is 2. The normalized spacial score (nSPS) is 11.3. The molecule has 0 saturated heterocycles. The van der Waals surface area contributed by atoms with E-state index >= 15 is 0 Å². The van der Waals surface area contributed by atoms with Crippen LogP contribution in [0.2, 0.25) is 0 Å². The van der Waals surface area contributed by atoms with Gasteiger partial charge in [0, 0.05) is 11.6 Å². The summed E-state index contributed by atoms with van der Waals surface area (Å²) in [4.78, 5) is 38.5. The van der Waals surface area contributed by atoms with Gasteiger partial charge in [0.1, 0.15) is 11.5 Å². The molecule has 0 fully saturated rings. The van der Waals surface area contributed by atoms with Gasteiger partial charge in [-0.1, -0.05) is 30.3 Å². The fourth-order valence-electron chi connectivity index (χ4n) is 2.35. The van der Waals surface area contributed by atoms with Gasteiger partial charge in [0.05, 0.1) is 17.6 Å². The second-order valence-corrected chi connectivity index (χ2v) is 5.49. The molecular weight excluding hydrogens is 354 g/mol. The minimum Gasteiger partial charge on any atom is -0.450 e. The Hall–Kier alpha value is -3.69. The molecule has 1 aromatic carbocycles. The van der Waals surface area contributed by atoms with Gasteiger partial charge >= 0.3 is 11.8 Å². The Labute approximate surface area is 154 Å². The third-order valence-electron chi connectivity index (χ3n) is 3.53. The van der Waals surface area contributed by atoms with Gasteiger partial charge in [-0.05, 0) is 13.8 Å². The molecule has 2 aromatic rings. The van der Waals surface area contributed by atoms with E-state index in [1.165, 1.54) is 6.07 Å². The van der Waals surface area contributed by atoms with Gasteiger partial charge in [0.15, 0.2) is 5.78 Å². The van der Waals surface area contributed by atoms with Crippen LogP contribution in [0.4, 0.5) is 27.8 Å². The van der Waals surface area contributed by atoms with Crippen LogP contribution in [0.15, 0.2) is 36.4 Å². The van der Waals surface area contributed by atoms with E-state index in [1.807, 2.05) is 0 Å². The van der Waals surface area contributed by atoms with Crippen molar-refractivity contribution in [3.63, 3.8) is 0 Å². The first kappa shape index (κ1) is 19.6. The zero-order valence-electron chi connectivity index (χ0n) is 14.8. The van der Waals surface area contributed by atoms with Gasteiger partial charge in [0.25, 0.3) is 0 Å². The average molecular weight is 373 g/mol. The molecule has 1 aromatic heterocycles. The van der Waals surface area contributed by atoms with Crippen LogP contribution in [0.5, 0.6) is 0 Å². The van der Waals surface area contributed by atoms with Crippen LogP contribution in [-0.4, -0.2) is 34.4 Å². The number of anilines is 3. The number of amides is 1. The molecule has 1 atom stereocenters. The topological polar surface area (TPSA) is 149 Å². The van der Waals surface area contributed by atoms with Gasteiger partial charge in [0.2, 0.25) is 5.82 Å². The first-order valence-corrected chi connectivity index (χ1v) is 8.08. The molecule has 0 aliphatic rings. The van der Waals surface area contributed by atoms with Crippen molar-refractivity contribution in [3.05, 3.63) is 52.1 Å². The van der Waals surface area contributed by atoms with Gasteiger partial charge in [-0.25, -0.2) is 9.78 Å². The first-order chi connectivity index (χ1) is 12.8. The number of nitro groups is 1. The lowest BCUT2D eigenvalue weighted by Gasteiger charge is -2.16. The number of ketones is 1. The molecule has 1 heterocycles. The van der Waals surface area contributed by atoms with Gasteiger partial charge in [-0.15, -0.1) is 0 Å². The molecule has 0 unspecified atom stereocenters. The second-order valence-electron chi connectivity index (χ2n) is 5.49. The number of benzene rings is 1. The lowest BCUT2D eigenvalue weighted by molar-refractivity contribution is -0.383. The van der Waals surface area contributed by atoms with Crippen molar-refractivity contribution < 1.29 is 19.2 Å². The molecule has 0 aliphatic heterocycles. The molecule has 0 spiro atoms. The molecule has 4 N–H and O–H groups in total. The van der Waals surface area contributed by atoms with Crippen LogP contribution in [0.3, 0.4) is 0 Å². The largest absolute Gasteiger partial charge is 0.450 e. The highest BCUT2D eigenvalue weighted by molar-refractivity contribution is 6.01. The maximum atomic E-state index is 12.5. The highest BCUT2D eigenvalue weighted by Crippen LogP contribution is 2.32. The summed E-state index contributed by atoms with van der Waals surface area (Å²) in [5.41, 5.74) is 5.58. The van der Waals surface area contributed by atoms with Crippen molar-refractivity contribution in [2.75, 3.05) is 23.0 Å². The van der Waals surface area contributed by atoms with Crippen molar-refractivity contribution in [1.82, 2.24) is 4.98 Å². The molecule has 0 radical (unpaired) electrons. The zero-order chi connectivity index (χ0) is 20.0. The monoisotopic (exact) mass is 373 g/mol. The van der Waals surface area contributed by atoms with E-state index in [0.29, 0.717) is 5.56 Å². The fraction of sp³-hybridized carbons (Fsp3) is 0.235. The van der Waals surface area contributed by atoms with Crippen molar-refractivity contribution in [2.45, 2.75) is 19.9 Å². The number of ether oxygens (including phenoxy) is 1. The first-order valence-electron chi connectivity index (χ1n) is 8.08. The summed E-state index contributed by atoms with van der Waals surface area (Å²) in [6.45, 7) is 3.33. The number of nitrogen functional groups attached to an aromatic ring is 1. The molecule has 2 rings (SSSR count). The maximum absolute atomic E-state index is 12.5. The van der Waals surface area contributed by atoms with Crippen molar-refractivity contribution in [1.29, 1.82) is 0 Å². The predicted octanol–water partition coefficient (Wildman–Crippen LogP) is 2.82. The van der Waals surface area contributed by atoms with E-state index in [0.717, 1.165) is 0 Å². The molecule has 1 amide bonds. The molecule has 10 nitrogen and oxygen atoms in total. The number of nitrogens with two attached hydrogens (primary N) is 1. The lowest BCUT2D eigenvalue weighted by atomic mass is 10.1. The number of nitrogens with zero attached hydrogens (tertiary/aromatic N) is 2. The molecule has 142 valence electrons. The van der Waals surface area contributed by atoms with Crippen molar-refractivity contribution >= 4 is 34.9 Å². The number of carbonyl (C=O) groups is 2. The zero-order valence-corrected chi connectivity index (χ0v) is 14.8. The number of rotatable bonds is 7. The van der Waals surface area contributed by atoms with Crippen LogP contribution in [0.1, 0.15) is 24.2 Å². The Morgan fingerprint density at radius 1 is 1.33 bits per heavy atom. The number of pyridine rings is 1. The van der Waals surface area contributed by atoms with E-state index in [2.05, 4.69) is 15.6 Å². The lowest BCUT2D eigenvalue weighted by Crippen LogP contribution is -2.27. The van der Waals surface area contributed by atoms with E-state index in [-0.39, 0.29) is 23.9 Å². The smallest absolute Gasteiger partial charge is 0.412 e. The summed E-state index contributed by atoms with van der Waals surface area (Å²) in [5, 5.41) is 16.4. The van der Waals surface area contributed by atoms with E-state index < -0.39 is 28.6 Å². The van der Waals surface area contributed by atoms with Crippen LogP contribution in [-0.2, 0) is 4.74 Å². The van der Waals surface area contributed by atoms with Gasteiger partial charge in [-0.3, -0.25) is 20.2 Å². The third-order valence-corrected chi connectivity index (χ3v) is 3.53. The summed E-state index contributed by atoms with van der Waals surface area (Å²) in [5.74, 6) is -0.713. The van der Waals surface area contributed by atoms with E-state index in [1.54, 1.807) is 44.2 Å². The number of carbonyl (C=O) groups excluding carboxylic acids is 2. The van der Waals surface area contributed by atoms with Crippen LogP contribution in [0, 0.1) is 10.1 Å². The summed E-state index contributed by atoms with van der Waals surface area (Å²) >= 11 is 0. The highest BCUT2D eigenvalue weighted by Gasteiger charge is 2.25. The van der Waals surface area contributed by atoms with Gasteiger partial charge in [-0.2, -0.15) is 0 Å². The Bertz CT molecular complexity index is 856. The van der Waals surface area contributed by atoms with E-state index in [9.17, 15) is 19.7 Å². The number of hydrogen-bond donors (Lipinski definition) is 3. The molecule has 0 aliphatic carbocycles. The van der Waals surface area contributed by atoms with Gasteiger partial charge < -0.3 is 15.8 Å². The molecular formula is C17H19N5O5. The number of aromatic nitrogens is 1. The van der Waals surface area contributed by atoms with Crippen LogP contribution < -0.4 is 16.4 Å². The predicted molar refractivity (Wildman–Crippen MR) is 99.8 cm³/mol. The average Bonchev–Trinajstić information content (AvgIpc) is 2.61. The summed E-state index contributed by atoms with van der Waals surface area (Å²) in [7, 11) is 0. The number of Topliss-reactive ketones (excluding diaryl/α,β-unsaturated/α-hetero) is 1. The standard InChI is InChI=1S/C17H19N5O5/c1-3-27-17(24)21-13-9-12(14(22(25)26)16(18)20-13)19-10(2)15(23)11-7-5-4-6-8-11/h4-10H,3H2,1-2H3,(H4,18,19,20,21,24)/t10-/m1/s1. The highest BCUT2D eigenvalue weighted by atomic mass is 16.6. The fourth-order valence-corrected chi connectivity index (χ4v) is 2.35. The molecule has 0 bridgehead atoms. The SMILES string of the molecule is CCOC(=O)Nc1cc(N[C@H](C)C(=O)c2ccccc2)c([N+](=O)[O-])c(N)n1. The molecule has 27 heavy (non-hydrogen) atoms. The number of hydrogen-bond acceptors (Lipinski definition) is 8. The Kier molecular flexibility index (Phi) is 6.26. The van der Waals surface area contributed by atoms with Crippen molar-refractivity contribution in [2.24, 2.45) is 0 Å². The Balaban J connectivity index is 2.32. The Morgan fingerprint density at radius 2 is 2.00 bits per heavy atom. The third kappa shape index (κ3) is 4.91. The quantitative estimate of drug-likeness (QED) is 0.381. The van der Waals surface area contributed by atoms with E-state index in [4.69, 9.17) is 10.5 Å². The minimum absolute atomic E-state index is 0.0431. The summed E-state index contributed by atoms with van der Waals surface area (Å²) in [6.07, 6.45) is -0.780. The second kappa shape index (κ2) is 8.61. The Morgan fingerprint density at radius 3 is 2.59 bits per heavy atom. The van der Waals surface area contributed by atoms with Crippen LogP contribution in [0.25, 0.3) is 0 Å².